The Morgan fingerprint density at radius 2 is 2.00 bits per heavy atom. The Bertz CT molecular complexity index is 371. The van der Waals surface area contributed by atoms with Gasteiger partial charge in [-0.1, -0.05) is 20.8 Å². The molecule has 4 nitrogen and oxygen atoms in total. The molecule has 0 aromatic carbocycles. The van der Waals surface area contributed by atoms with E-state index in [1.165, 1.54) is 0 Å². The molecule has 1 atom stereocenters. The quantitative estimate of drug-likeness (QED) is 0.874. The summed E-state index contributed by atoms with van der Waals surface area (Å²) in [6.45, 7) is 11.2. The summed E-state index contributed by atoms with van der Waals surface area (Å²) >= 11 is 0. The third kappa shape index (κ3) is 3.66. The number of aromatic nitrogens is 2. The molecule has 0 aliphatic rings. The maximum absolute atomic E-state index is 5.54. The SMILES string of the molecule is CCNc1cc(C)nc(C(OC)C(C)(C)C)n1. The second kappa shape index (κ2) is 5.45. The van der Waals surface area contributed by atoms with Crippen molar-refractivity contribution in [2.24, 2.45) is 5.41 Å². The number of methoxy groups -OCH3 is 1. The van der Waals surface area contributed by atoms with Crippen molar-refractivity contribution in [2.75, 3.05) is 19.0 Å². The molecule has 0 radical (unpaired) electrons. The summed E-state index contributed by atoms with van der Waals surface area (Å²) in [4.78, 5) is 8.99. The molecule has 0 fully saturated rings. The van der Waals surface area contributed by atoms with E-state index < -0.39 is 0 Å². The maximum atomic E-state index is 5.54. The van der Waals surface area contributed by atoms with E-state index in [9.17, 15) is 0 Å². The van der Waals surface area contributed by atoms with Gasteiger partial charge in [0.15, 0.2) is 5.82 Å². The lowest BCUT2D eigenvalue weighted by molar-refractivity contribution is 0.00865. The van der Waals surface area contributed by atoms with Crippen LogP contribution in [0.3, 0.4) is 0 Å². The Balaban J connectivity index is 3.11. The number of aryl methyl sites for hydroxylation is 1. The molecule has 0 spiro atoms. The van der Waals surface area contributed by atoms with Gasteiger partial charge in [0.1, 0.15) is 11.9 Å². The van der Waals surface area contributed by atoms with Crippen LogP contribution < -0.4 is 5.32 Å². The van der Waals surface area contributed by atoms with Gasteiger partial charge in [-0.15, -0.1) is 0 Å². The molecule has 1 unspecified atom stereocenters. The van der Waals surface area contributed by atoms with Crippen molar-refractivity contribution in [3.63, 3.8) is 0 Å². The van der Waals surface area contributed by atoms with E-state index in [1.807, 2.05) is 13.0 Å². The number of nitrogens with zero attached hydrogens (tertiary/aromatic N) is 2. The first-order valence-corrected chi connectivity index (χ1v) is 6.00. The molecule has 0 saturated heterocycles. The zero-order valence-electron chi connectivity index (χ0n) is 11.7. The average Bonchev–Trinajstić information content (AvgIpc) is 2.15. The highest BCUT2D eigenvalue weighted by atomic mass is 16.5. The fourth-order valence-corrected chi connectivity index (χ4v) is 1.83. The lowest BCUT2D eigenvalue weighted by Crippen LogP contribution is -2.23. The van der Waals surface area contributed by atoms with Crippen LogP contribution in [-0.2, 0) is 4.74 Å². The van der Waals surface area contributed by atoms with Crippen LogP contribution in [0.15, 0.2) is 6.07 Å². The minimum Gasteiger partial charge on any atom is -0.373 e. The number of nitrogens with one attached hydrogen (secondary N) is 1. The van der Waals surface area contributed by atoms with Crippen molar-refractivity contribution in [1.82, 2.24) is 9.97 Å². The molecule has 0 aliphatic heterocycles. The Morgan fingerprint density at radius 3 is 2.47 bits per heavy atom. The third-order valence-corrected chi connectivity index (χ3v) is 2.49. The van der Waals surface area contributed by atoms with Gasteiger partial charge in [0.05, 0.1) is 0 Å². The summed E-state index contributed by atoms with van der Waals surface area (Å²) in [5.74, 6) is 1.61. The van der Waals surface area contributed by atoms with Gasteiger partial charge in [-0.2, -0.15) is 0 Å². The first-order chi connectivity index (χ1) is 7.88. The molecule has 4 heteroatoms. The number of hydrogen-bond donors (Lipinski definition) is 1. The van der Waals surface area contributed by atoms with Gasteiger partial charge in [0.2, 0.25) is 0 Å². The number of anilines is 1. The molecule has 17 heavy (non-hydrogen) atoms. The first-order valence-electron chi connectivity index (χ1n) is 6.00. The molecule has 1 aromatic heterocycles. The van der Waals surface area contributed by atoms with E-state index in [0.717, 1.165) is 23.9 Å². The lowest BCUT2D eigenvalue weighted by Gasteiger charge is -2.28. The van der Waals surface area contributed by atoms with Gasteiger partial charge in [-0.05, 0) is 19.3 Å². The molecule has 1 heterocycles. The van der Waals surface area contributed by atoms with Crippen LogP contribution in [0.5, 0.6) is 0 Å². The van der Waals surface area contributed by atoms with E-state index in [4.69, 9.17) is 4.74 Å². The van der Waals surface area contributed by atoms with Gasteiger partial charge in [-0.25, -0.2) is 9.97 Å². The molecule has 96 valence electrons. The third-order valence-electron chi connectivity index (χ3n) is 2.49. The summed E-state index contributed by atoms with van der Waals surface area (Å²) in [6.07, 6.45) is -0.0974. The highest BCUT2D eigenvalue weighted by Crippen LogP contribution is 2.34. The van der Waals surface area contributed by atoms with Crippen molar-refractivity contribution in [1.29, 1.82) is 0 Å². The van der Waals surface area contributed by atoms with Gasteiger partial charge < -0.3 is 10.1 Å². The predicted molar refractivity (Wildman–Crippen MR) is 70.1 cm³/mol. The summed E-state index contributed by atoms with van der Waals surface area (Å²) in [5, 5.41) is 3.21. The van der Waals surface area contributed by atoms with E-state index in [1.54, 1.807) is 7.11 Å². The van der Waals surface area contributed by atoms with Crippen LogP contribution in [0, 0.1) is 12.3 Å². The highest BCUT2D eigenvalue weighted by Gasteiger charge is 2.29. The normalized spacial score (nSPS) is 13.5. The molecule has 0 saturated carbocycles. The smallest absolute Gasteiger partial charge is 0.160 e. The highest BCUT2D eigenvalue weighted by molar-refractivity contribution is 5.35. The van der Waals surface area contributed by atoms with Crippen molar-refractivity contribution in [3.8, 4) is 0 Å². The standard InChI is InChI=1S/C13H23N3O/c1-7-14-10-8-9(2)15-12(16-10)11(17-6)13(3,4)5/h8,11H,7H2,1-6H3,(H,14,15,16). The molecule has 0 bridgehead atoms. The average molecular weight is 237 g/mol. The topological polar surface area (TPSA) is 47.0 Å². The fraction of sp³-hybridized carbons (Fsp3) is 0.692. The maximum Gasteiger partial charge on any atom is 0.160 e. The monoisotopic (exact) mass is 237 g/mol. The second-order valence-corrected chi connectivity index (χ2v) is 5.26. The molecular weight excluding hydrogens is 214 g/mol. The summed E-state index contributed by atoms with van der Waals surface area (Å²) in [6, 6.07) is 1.95. The Hall–Kier alpha value is -1.16. The van der Waals surface area contributed by atoms with Gasteiger partial charge in [0.25, 0.3) is 0 Å². The van der Waals surface area contributed by atoms with Crippen molar-refractivity contribution in [2.45, 2.75) is 40.7 Å². The first kappa shape index (κ1) is 13.9. The largest absolute Gasteiger partial charge is 0.373 e. The summed E-state index contributed by atoms with van der Waals surface area (Å²) in [5.41, 5.74) is 0.934. The van der Waals surface area contributed by atoms with Crippen LogP contribution in [0.4, 0.5) is 5.82 Å². The van der Waals surface area contributed by atoms with Gasteiger partial charge >= 0.3 is 0 Å². The minimum atomic E-state index is -0.0974. The number of hydrogen-bond acceptors (Lipinski definition) is 4. The van der Waals surface area contributed by atoms with E-state index in [2.05, 4.69) is 43.0 Å². The Labute approximate surface area is 104 Å². The number of rotatable bonds is 4. The molecule has 0 aliphatic carbocycles. The predicted octanol–water partition coefficient (Wildman–Crippen LogP) is 2.95. The molecule has 1 N–H and O–H groups in total. The summed E-state index contributed by atoms with van der Waals surface area (Å²) < 4.78 is 5.54. The molecular formula is C13H23N3O. The molecule has 1 rings (SSSR count). The number of ether oxygens (including phenoxy) is 1. The van der Waals surface area contributed by atoms with Crippen LogP contribution in [0.25, 0.3) is 0 Å². The van der Waals surface area contributed by atoms with E-state index >= 15 is 0 Å². The van der Waals surface area contributed by atoms with Crippen LogP contribution in [-0.4, -0.2) is 23.6 Å². The van der Waals surface area contributed by atoms with Gasteiger partial charge in [-0.3, -0.25) is 0 Å². The van der Waals surface area contributed by atoms with Crippen LogP contribution in [0.1, 0.15) is 45.3 Å². The van der Waals surface area contributed by atoms with Crippen LogP contribution >= 0.6 is 0 Å². The van der Waals surface area contributed by atoms with Crippen molar-refractivity contribution in [3.05, 3.63) is 17.6 Å². The van der Waals surface area contributed by atoms with E-state index in [-0.39, 0.29) is 11.5 Å². The fourth-order valence-electron chi connectivity index (χ4n) is 1.83. The second-order valence-electron chi connectivity index (χ2n) is 5.26. The van der Waals surface area contributed by atoms with Gasteiger partial charge in [0, 0.05) is 25.4 Å². The Kier molecular flexibility index (Phi) is 4.46. The Morgan fingerprint density at radius 1 is 1.35 bits per heavy atom. The van der Waals surface area contributed by atoms with Crippen molar-refractivity contribution < 1.29 is 4.74 Å². The zero-order chi connectivity index (χ0) is 13.1. The molecule has 0 amide bonds. The van der Waals surface area contributed by atoms with Crippen LogP contribution in [0.2, 0.25) is 0 Å². The zero-order valence-corrected chi connectivity index (χ0v) is 11.7. The van der Waals surface area contributed by atoms with Crippen molar-refractivity contribution >= 4 is 5.82 Å². The lowest BCUT2D eigenvalue weighted by atomic mass is 9.88. The summed E-state index contributed by atoms with van der Waals surface area (Å²) in [7, 11) is 1.70. The van der Waals surface area contributed by atoms with E-state index in [0.29, 0.717) is 0 Å². The molecule has 1 aromatic rings. The minimum absolute atomic E-state index is 0.0218.